The largest absolute Gasteiger partial charge is 0.356 e. The van der Waals surface area contributed by atoms with Crippen molar-refractivity contribution in [2.24, 2.45) is 23.2 Å². The highest BCUT2D eigenvalue weighted by Gasteiger charge is 2.48. The first-order chi connectivity index (χ1) is 22.4. The molecule has 2 saturated heterocycles. The van der Waals surface area contributed by atoms with Crippen LogP contribution in [0.25, 0.3) is 0 Å². The summed E-state index contributed by atoms with van der Waals surface area (Å²) in [5.41, 5.74) is -0.424. The number of nitrogens with one attached hydrogen (secondary N) is 4. The molecular formula is C36H55N5O4S. The van der Waals surface area contributed by atoms with E-state index in [0.717, 1.165) is 49.8 Å². The zero-order valence-electron chi connectivity index (χ0n) is 27.5. The number of hydrogen-bond acceptors (Lipinski definition) is 6. The number of carbonyl (C=O) groups excluding carboxylic acids is 4. The summed E-state index contributed by atoms with van der Waals surface area (Å²) in [5.74, 6) is -0.137. The van der Waals surface area contributed by atoms with Gasteiger partial charge in [-0.25, -0.2) is 0 Å². The lowest BCUT2D eigenvalue weighted by Crippen LogP contribution is -2.60. The topological polar surface area (TPSA) is 120 Å². The molecule has 46 heavy (non-hydrogen) atoms. The van der Waals surface area contributed by atoms with Crippen molar-refractivity contribution in [3.05, 3.63) is 22.4 Å². The number of hydrogen-bond donors (Lipinski definition) is 4. The Morgan fingerprint density at radius 2 is 1.74 bits per heavy atom. The summed E-state index contributed by atoms with van der Waals surface area (Å²) < 4.78 is 0. The van der Waals surface area contributed by atoms with Crippen molar-refractivity contribution in [1.29, 1.82) is 0 Å². The lowest BCUT2D eigenvalue weighted by molar-refractivity contribution is -0.140. The lowest BCUT2D eigenvalue weighted by atomic mass is 9.68. The maximum absolute atomic E-state index is 14.3. The molecule has 5 aliphatic rings. The molecule has 1 aromatic rings. The number of likely N-dealkylation sites (tertiary alicyclic amines) is 1. The van der Waals surface area contributed by atoms with E-state index in [1.807, 2.05) is 22.4 Å². The summed E-state index contributed by atoms with van der Waals surface area (Å²) >= 11 is 1.60. The summed E-state index contributed by atoms with van der Waals surface area (Å²) in [6.45, 7) is 1.96. The van der Waals surface area contributed by atoms with Crippen LogP contribution in [0.2, 0.25) is 0 Å². The first-order valence-corrected chi connectivity index (χ1v) is 19.2. The second-order valence-corrected chi connectivity index (χ2v) is 16.0. The van der Waals surface area contributed by atoms with Crippen LogP contribution in [0, 0.1) is 23.2 Å². The fourth-order valence-corrected chi connectivity index (χ4v) is 9.76. The molecule has 3 aliphatic carbocycles. The summed E-state index contributed by atoms with van der Waals surface area (Å²) in [6.07, 6.45) is 17.4. The SMILES string of the molecule is O=C(N[C@@H]1CCN(C(=O)[C@@H](CC2CCCCC2)NC2CCCCC2)C[C@@H]1C(=O)NCc1cccs1)C1CCCC2(CCNC2=O)C1. The van der Waals surface area contributed by atoms with Crippen LogP contribution in [0.4, 0.5) is 0 Å². The van der Waals surface area contributed by atoms with Gasteiger partial charge in [0.15, 0.2) is 0 Å². The molecule has 5 fully saturated rings. The highest BCUT2D eigenvalue weighted by atomic mass is 32.1. The predicted octanol–water partition coefficient (Wildman–Crippen LogP) is 4.66. The van der Waals surface area contributed by atoms with Gasteiger partial charge in [0.05, 0.1) is 23.9 Å². The van der Waals surface area contributed by atoms with Gasteiger partial charge in [0.1, 0.15) is 0 Å². The Morgan fingerprint density at radius 3 is 2.46 bits per heavy atom. The van der Waals surface area contributed by atoms with Gasteiger partial charge in [0.2, 0.25) is 23.6 Å². The summed E-state index contributed by atoms with van der Waals surface area (Å²) in [5, 5.41) is 15.2. The highest BCUT2D eigenvalue weighted by molar-refractivity contribution is 7.09. The Labute approximate surface area is 278 Å². The van der Waals surface area contributed by atoms with Crippen LogP contribution in [0.15, 0.2) is 17.5 Å². The molecule has 254 valence electrons. The van der Waals surface area contributed by atoms with Crippen LogP contribution in [-0.2, 0) is 25.7 Å². The van der Waals surface area contributed by atoms with Crippen LogP contribution in [-0.4, -0.2) is 66.3 Å². The number of amides is 4. The smallest absolute Gasteiger partial charge is 0.239 e. The van der Waals surface area contributed by atoms with E-state index < -0.39 is 11.3 Å². The van der Waals surface area contributed by atoms with E-state index >= 15 is 0 Å². The quantitative estimate of drug-likeness (QED) is 0.293. The first kappa shape index (κ1) is 33.4. The van der Waals surface area contributed by atoms with Crippen LogP contribution >= 0.6 is 11.3 Å². The number of carbonyl (C=O) groups is 4. The van der Waals surface area contributed by atoms with Crippen LogP contribution < -0.4 is 21.3 Å². The molecule has 1 aromatic heterocycles. The van der Waals surface area contributed by atoms with E-state index in [1.54, 1.807) is 11.3 Å². The fourth-order valence-electron chi connectivity index (χ4n) is 9.12. The summed E-state index contributed by atoms with van der Waals surface area (Å²) in [6, 6.07) is 3.80. The molecule has 0 aromatic carbocycles. The molecule has 0 radical (unpaired) electrons. The standard InChI is InChI=1S/C36H55N5O4S/c42-32(26-11-7-16-36(22-26)17-18-37-35(36)45)40-30-15-19-41(24-29(30)33(43)38-23-28-14-8-20-46-28)34(44)31(21-25-9-3-1-4-10-25)39-27-12-5-2-6-13-27/h8,14,20,25-27,29-31,39H,1-7,9-13,15-19,21-24H2,(H,37,45)(H,38,43)(H,40,42)/t26?,29-,30+,31+,36?/m0/s1. The van der Waals surface area contributed by atoms with Crippen molar-refractivity contribution in [1.82, 2.24) is 26.2 Å². The van der Waals surface area contributed by atoms with E-state index in [2.05, 4.69) is 21.3 Å². The number of thiophene rings is 1. The van der Waals surface area contributed by atoms with Gasteiger partial charge in [0, 0.05) is 42.5 Å². The Hall–Kier alpha value is -2.46. The van der Waals surface area contributed by atoms with Gasteiger partial charge in [-0.2, -0.15) is 0 Å². The predicted molar refractivity (Wildman–Crippen MR) is 180 cm³/mol. The third-order valence-corrected chi connectivity index (χ3v) is 12.7. The van der Waals surface area contributed by atoms with E-state index in [1.165, 1.54) is 51.4 Å². The maximum Gasteiger partial charge on any atom is 0.239 e. The average Bonchev–Trinajstić information content (AvgIpc) is 3.73. The van der Waals surface area contributed by atoms with Crippen molar-refractivity contribution in [2.75, 3.05) is 19.6 Å². The third-order valence-electron chi connectivity index (χ3n) is 11.8. The van der Waals surface area contributed by atoms with E-state index in [-0.39, 0.29) is 41.6 Å². The Kier molecular flexibility index (Phi) is 11.4. The molecule has 4 amide bonds. The second-order valence-electron chi connectivity index (χ2n) is 15.0. The maximum atomic E-state index is 14.3. The Balaban J connectivity index is 1.14. The first-order valence-electron chi connectivity index (χ1n) is 18.3. The Bertz CT molecular complexity index is 1180. The zero-order valence-corrected chi connectivity index (χ0v) is 28.4. The monoisotopic (exact) mass is 653 g/mol. The normalized spacial score (nSPS) is 30.1. The zero-order chi connectivity index (χ0) is 31.9. The number of piperidine rings is 1. The van der Waals surface area contributed by atoms with Gasteiger partial charge in [-0.05, 0) is 68.7 Å². The lowest BCUT2D eigenvalue weighted by Gasteiger charge is -2.42. The van der Waals surface area contributed by atoms with Gasteiger partial charge in [0.25, 0.3) is 0 Å². The fraction of sp³-hybridized carbons (Fsp3) is 0.778. The number of rotatable bonds is 10. The minimum Gasteiger partial charge on any atom is -0.356 e. The molecule has 3 saturated carbocycles. The van der Waals surface area contributed by atoms with Gasteiger partial charge in [-0.15, -0.1) is 11.3 Å². The van der Waals surface area contributed by atoms with Crippen molar-refractivity contribution >= 4 is 35.0 Å². The molecule has 0 bridgehead atoms. The van der Waals surface area contributed by atoms with Crippen LogP contribution in [0.1, 0.15) is 114 Å². The minimum absolute atomic E-state index is 0.0475. The highest BCUT2D eigenvalue weighted by Crippen LogP contribution is 2.44. The molecular weight excluding hydrogens is 598 g/mol. The molecule has 5 atom stereocenters. The summed E-state index contributed by atoms with van der Waals surface area (Å²) in [4.78, 5) is 57.5. The molecule has 1 spiro atoms. The Morgan fingerprint density at radius 1 is 0.957 bits per heavy atom. The van der Waals surface area contributed by atoms with Crippen molar-refractivity contribution in [2.45, 2.75) is 134 Å². The van der Waals surface area contributed by atoms with Crippen molar-refractivity contribution in [3.63, 3.8) is 0 Å². The van der Waals surface area contributed by atoms with Gasteiger partial charge in [-0.3, -0.25) is 19.2 Å². The van der Waals surface area contributed by atoms with Gasteiger partial charge < -0.3 is 26.2 Å². The third kappa shape index (κ3) is 8.15. The van der Waals surface area contributed by atoms with E-state index in [9.17, 15) is 19.2 Å². The molecule has 6 rings (SSSR count). The van der Waals surface area contributed by atoms with Crippen molar-refractivity contribution in [3.8, 4) is 0 Å². The van der Waals surface area contributed by atoms with Crippen molar-refractivity contribution < 1.29 is 19.2 Å². The molecule has 2 aliphatic heterocycles. The van der Waals surface area contributed by atoms with Gasteiger partial charge >= 0.3 is 0 Å². The molecule has 10 heteroatoms. The van der Waals surface area contributed by atoms with E-state index in [0.29, 0.717) is 51.0 Å². The van der Waals surface area contributed by atoms with Crippen LogP contribution in [0.5, 0.6) is 0 Å². The van der Waals surface area contributed by atoms with Crippen LogP contribution in [0.3, 0.4) is 0 Å². The molecule has 3 heterocycles. The van der Waals surface area contributed by atoms with E-state index in [4.69, 9.17) is 0 Å². The second kappa shape index (κ2) is 15.6. The molecule has 4 N–H and O–H groups in total. The average molecular weight is 654 g/mol. The number of nitrogens with zero attached hydrogens (tertiary/aromatic N) is 1. The molecule has 2 unspecified atom stereocenters. The van der Waals surface area contributed by atoms with Gasteiger partial charge in [-0.1, -0.05) is 63.9 Å². The summed E-state index contributed by atoms with van der Waals surface area (Å²) in [7, 11) is 0. The molecule has 9 nitrogen and oxygen atoms in total. The minimum atomic E-state index is -0.529.